The van der Waals surface area contributed by atoms with Crippen LogP contribution in [0.25, 0.3) is 15.6 Å². The van der Waals surface area contributed by atoms with Gasteiger partial charge in [0.2, 0.25) is 17.7 Å². The molecule has 1 unspecified atom stereocenters. The molecule has 1 fully saturated rings. The number of benzene rings is 4. The Morgan fingerprint density at radius 2 is 1.69 bits per heavy atom. The molecular weight excluding hydrogens is 488 g/mol. The number of hydrogen-bond acceptors (Lipinski definition) is 3. The van der Waals surface area contributed by atoms with Gasteiger partial charge >= 0.3 is 6.17 Å². The summed E-state index contributed by atoms with van der Waals surface area (Å²) in [6.45, 7) is 7.90. The van der Waals surface area contributed by atoms with Crippen LogP contribution in [0.3, 0.4) is 0 Å². The summed E-state index contributed by atoms with van der Waals surface area (Å²) in [4.78, 5) is 46.2. The lowest BCUT2D eigenvalue weighted by molar-refractivity contribution is -0.140. The summed E-state index contributed by atoms with van der Waals surface area (Å²) >= 11 is 0. The van der Waals surface area contributed by atoms with Crippen LogP contribution in [0.1, 0.15) is 17.5 Å². The molecule has 0 saturated carbocycles. The molecule has 39 heavy (non-hydrogen) atoms. The molecule has 6 rings (SSSR count). The van der Waals surface area contributed by atoms with Gasteiger partial charge in [-0.1, -0.05) is 78.9 Å². The van der Waals surface area contributed by atoms with E-state index in [1.807, 2.05) is 97.1 Å². The van der Waals surface area contributed by atoms with Crippen molar-refractivity contribution >= 4 is 39.9 Å². The van der Waals surface area contributed by atoms with Gasteiger partial charge in [-0.05, 0) is 46.5 Å². The van der Waals surface area contributed by atoms with E-state index in [1.54, 1.807) is 0 Å². The molecule has 0 aliphatic carbocycles. The van der Waals surface area contributed by atoms with E-state index in [0.29, 0.717) is 11.4 Å². The van der Waals surface area contributed by atoms with Crippen LogP contribution >= 0.6 is 0 Å². The van der Waals surface area contributed by atoms with E-state index in [1.165, 1.54) is 4.90 Å². The van der Waals surface area contributed by atoms with E-state index < -0.39 is 29.3 Å². The highest BCUT2D eigenvalue weighted by Crippen LogP contribution is 2.47. The summed E-state index contributed by atoms with van der Waals surface area (Å²) in [7, 11) is 0. The normalized spacial score (nSPS) is 20.3. The fourth-order valence-corrected chi connectivity index (χ4v) is 5.79. The molecule has 7 heteroatoms. The van der Waals surface area contributed by atoms with E-state index in [9.17, 15) is 14.4 Å². The molecule has 7 nitrogen and oxygen atoms in total. The molecule has 4 aromatic rings. The number of para-hydroxylation sites is 1. The van der Waals surface area contributed by atoms with Crippen LogP contribution in [0.5, 0.6) is 0 Å². The fourth-order valence-electron chi connectivity index (χ4n) is 5.79. The third-order valence-corrected chi connectivity index (χ3v) is 7.80. The zero-order valence-corrected chi connectivity index (χ0v) is 21.1. The molecule has 192 valence electrons. The average molecular weight is 515 g/mol. The topological polar surface area (TPSA) is 82.9 Å². The number of anilines is 2. The lowest BCUT2D eigenvalue weighted by Crippen LogP contribution is -2.46. The minimum absolute atomic E-state index is 0.0519. The Balaban J connectivity index is 1.32. The van der Waals surface area contributed by atoms with Crippen LogP contribution < -0.4 is 10.6 Å². The molecule has 3 amide bonds. The van der Waals surface area contributed by atoms with Crippen LogP contribution in [0.15, 0.2) is 97.1 Å². The quantitative estimate of drug-likeness (QED) is 0.290. The lowest BCUT2D eigenvalue weighted by Gasteiger charge is -2.25. The number of nitrogens with one attached hydrogen (secondary N) is 2. The summed E-state index contributed by atoms with van der Waals surface area (Å²) in [5, 5.41) is 7.87. The highest BCUT2D eigenvalue weighted by atomic mass is 16.2. The monoisotopic (exact) mass is 514 g/mol. The molecule has 3 atom stereocenters. The lowest BCUT2D eigenvalue weighted by atomic mass is 9.80. The van der Waals surface area contributed by atoms with Crippen molar-refractivity contribution in [2.24, 2.45) is 5.92 Å². The molecule has 1 saturated heterocycles. The predicted molar refractivity (Wildman–Crippen MR) is 150 cm³/mol. The standard InChI is InChI=1S/C32H26N4O3/c1-33-28-19-32(26-13-7-8-14-27(26)35-31(32)39)20-36(28)30(38)25(17-21-9-3-2-4-10-21)29(37)34-24-16-15-22-11-5-6-12-23(22)18-24/h2-16,18,25,28H,17,19-20H2,(H,34,37)(H,35,39)/t25?,28-,32-/m0/s1. The van der Waals surface area contributed by atoms with Crippen molar-refractivity contribution in [3.05, 3.63) is 120 Å². The third-order valence-electron chi connectivity index (χ3n) is 7.80. The van der Waals surface area contributed by atoms with Gasteiger partial charge in [-0.25, -0.2) is 6.57 Å². The van der Waals surface area contributed by atoms with E-state index >= 15 is 0 Å². The third kappa shape index (κ3) is 4.30. The Hall–Kier alpha value is -4.96. The number of likely N-dealkylation sites (tertiary alicyclic amines) is 1. The van der Waals surface area contributed by atoms with Gasteiger partial charge in [0, 0.05) is 17.9 Å². The van der Waals surface area contributed by atoms with Gasteiger partial charge in [0.05, 0.1) is 6.42 Å². The van der Waals surface area contributed by atoms with Gasteiger partial charge in [-0.15, -0.1) is 0 Å². The summed E-state index contributed by atoms with van der Waals surface area (Å²) in [5.41, 5.74) is 1.91. The molecule has 0 bridgehead atoms. The number of nitrogens with zero attached hydrogens (tertiary/aromatic N) is 2. The van der Waals surface area contributed by atoms with Gasteiger partial charge in [-0.2, -0.15) is 0 Å². The van der Waals surface area contributed by atoms with E-state index in [0.717, 1.165) is 21.9 Å². The Kier molecular flexibility index (Phi) is 6.08. The zero-order valence-electron chi connectivity index (χ0n) is 21.1. The number of hydrogen-bond donors (Lipinski definition) is 2. The Bertz CT molecular complexity index is 1640. The Morgan fingerprint density at radius 3 is 2.49 bits per heavy atom. The van der Waals surface area contributed by atoms with Gasteiger partial charge in [0.15, 0.2) is 0 Å². The summed E-state index contributed by atoms with van der Waals surface area (Å²) in [6.07, 6.45) is -0.480. The van der Waals surface area contributed by atoms with E-state index in [2.05, 4.69) is 15.5 Å². The van der Waals surface area contributed by atoms with Crippen LogP contribution in [0.4, 0.5) is 11.4 Å². The van der Waals surface area contributed by atoms with Crippen molar-refractivity contribution in [3.8, 4) is 0 Å². The van der Waals surface area contributed by atoms with Crippen molar-refractivity contribution < 1.29 is 14.4 Å². The van der Waals surface area contributed by atoms with Crippen molar-refractivity contribution in [2.75, 3.05) is 17.2 Å². The number of carbonyl (C=O) groups is 3. The molecule has 2 aliphatic heterocycles. The summed E-state index contributed by atoms with van der Waals surface area (Å²) in [5.74, 6) is -2.18. The van der Waals surface area contributed by atoms with Crippen molar-refractivity contribution in [3.63, 3.8) is 0 Å². The zero-order chi connectivity index (χ0) is 27.0. The van der Waals surface area contributed by atoms with Gasteiger partial charge in [0.1, 0.15) is 11.3 Å². The van der Waals surface area contributed by atoms with Crippen LogP contribution in [0.2, 0.25) is 0 Å². The average Bonchev–Trinajstić information content (AvgIpc) is 3.49. The second-order valence-electron chi connectivity index (χ2n) is 10.2. The number of fused-ring (bicyclic) bond motifs is 3. The highest BCUT2D eigenvalue weighted by molar-refractivity contribution is 6.10. The molecule has 0 radical (unpaired) electrons. The van der Waals surface area contributed by atoms with Crippen LogP contribution in [0, 0.1) is 12.5 Å². The molecule has 4 aromatic carbocycles. The smallest absolute Gasteiger partial charge is 0.302 e. The second-order valence-corrected chi connectivity index (χ2v) is 10.2. The van der Waals surface area contributed by atoms with Gasteiger partial charge in [-0.3, -0.25) is 24.1 Å². The molecule has 2 N–H and O–H groups in total. The molecular formula is C32H26N4O3. The number of rotatable bonds is 5. The first kappa shape index (κ1) is 24.4. The van der Waals surface area contributed by atoms with Crippen molar-refractivity contribution in [2.45, 2.75) is 24.4 Å². The predicted octanol–water partition coefficient (Wildman–Crippen LogP) is 5.00. The van der Waals surface area contributed by atoms with Crippen LogP contribution in [-0.2, 0) is 26.2 Å². The van der Waals surface area contributed by atoms with Crippen LogP contribution in [-0.4, -0.2) is 35.3 Å². The molecule has 0 aromatic heterocycles. The van der Waals surface area contributed by atoms with Crippen molar-refractivity contribution in [1.29, 1.82) is 0 Å². The Labute approximate surface area is 226 Å². The summed E-state index contributed by atoms with van der Waals surface area (Å²) < 4.78 is 0. The maximum Gasteiger partial charge on any atom is 0.302 e. The maximum atomic E-state index is 14.1. The largest absolute Gasteiger partial charge is 0.325 e. The fraction of sp³-hybridized carbons (Fsp3) is 0.188. The summed E-state index contributed by atoms with van der Waals surface area (Å²) in [6, 6.07) is 30.2. The number of amides is 3. The maximum absolute atomic E-state index is 14.1. The highest BCUT2D eigenvalue weighted by Gasteiger charge is 2.59. The second kappa shape index (κ2) is 9.73. The molecule has 1 spiro atoms. The number of carbonyl (C=O) groups excluding carboxylic acids is 3. The van der Waals surface area contributed by atoms with E-state index in [4.69, 9.17) is 6.57 Å². The first-order valence-electron chi connectivity index (χ1n) is 12.9. The van der Waals surface area contributed by atoms with Crippen molar-refractivity contribution in [1.82, 2.24) is 4.90 Å². The molecule has 2 heterocycles. The first-order valence-corrected chi connectivity index (χ1v) is 12.9. The Morgan fingerprint density at radius 1 is 0.974 bits per heavy atom. The minimum Gasteiger partial charge on any atom is -0.325 e. The van der Waals surface area contributed by atoms with E-state index in [-0.39, 0.29) is 25.3 Å². The molecule has 2 aliphatic rings. The van der Waals surface area contributed by atoms with Gasteiger partial charge < -0.3 is 10.6 Å². The first-order chi connectivity index (χ1) is 19.0. The minimum atomic E-state index is -1.07. The van der Waals surface area contributed by atoms with Gasteiger partial charge in [0.25, 0.3) is 0 Å². The SMILES string of the molecule is [C-]#[N+][C@@H]1C[C@@]2(CN1C(=O)C(Cc1ccccc1)C(=O)Nc1ccc3ccccc3c1)C(=O)Nc1ccccc12.